The number of nitrogens with one attached hydrogen (secondary N) is 3. The maximum Gasteiger partial charge on any atom is 0.261 e. The smallest absolute Gasteiger partial charge is 0.261 e. The van der Waals surface area contributed by atoms with Crippen molar-refractivity contribution in [3.05, 3.63) is 54.1 Å². The molecule has 0 radical (unpaired) electrons. The molecule has 0 aliphatic heterocycles. The van der Waals surface area contributed by atoms with Gasteiger partial charge in [-0.1, -0.05) is 25.1 Å². The molecule has 0 aliphatic rings. The second kappa shape index (κ2) is 11.8. The first-order valence-corrected chi connectivity index (χ1v) is 9.76. The predicted octanol–water partition coefficient (Wildman–Crippen LogP) is 3.58. The molecule has 0 bridgehead atoms. The third kappa shape index (κ3) is 7.52. The number of carbonyl (C=O) groups is 2. The predicted molar refractivity (Wildman–Crippen MR) is 117 cm³/mol. The van der Waals surface area contributed by atoms with E-state index in [4.69, 9.17) is 21.7 Å². The Labute approximate surface area is 175 Å². The largest absolute Gasteiger partial charge is 0.490 e. The zero-order valence-electron chi connectivity index (χ0n) is 16.5. The van der Waals surface area contributed by atoms with Crippen molar-refractivity contribution < 1.29 is 19.1 Å². The molecule has 154 valence electrons. The summed E-state index contributed by atoms with van der Waals surface area (Å²) in [5.41, 5.74) is 1.66. The quantitative estimate of drug-likeness (QED) is 0.429. The lowest BCUT2D eigenvalue weighted by Gasteiger charge is -2.13. The summed E-state index contributed by atoms with van der Waals surface area (Å²) < 4.78 is 10.9. The maximum atomic E-state index is 12.6. The summed E-state index contributed by atoms with van der Waals surface area (Å²) in [5, 5.41) is 8.49. The fourth-order valence-electron chi connectivity index (χ4n) is 2.39. The molecule has 0 fully saturated rings. The van der Waals surface area contributed by atoms with E-state index in [9.17, 15) is 9.59 Å². The van der Waals surface area contributed by atoms with E-state index in [1.54, 1.807) is 55.5 Å². The molecule has 0 heterocycles. The van der Waals surface area contributed by atoms with Crippen molar-refractivity contribution in [2.45, 2.75) is 20.3 Å². The van der Waals surface area contributed by atoms with Gasteiger partial charge in [0.05, 0.1) is 12.2 Å². The third-order valence-corrected chi connectivity index (χ3v) is 3.98. The second-order valence-electron chi connectivity index (χ2n) is 5.93. The number of anilines is 2. The van der Waals surface area contributed by atoms with Crippen molar-refractivity contribution >= 4 is 40.5 Å². The van der Waals surface area contributed by atoms with Gasteiger partial charge in [0.2, 0.25) is 5.91 Å². The molecule has 2 rings (SSSR count). The minimum absolute atomic E-state index is 0.0843. The number of thiocarbonyl (C=S) groups is 1. The van der Waals surface area contributed by atoms with E-state index < -0.39 is 0 Å². The van der Waals surface area contributed by atoms with E-state index in [1.807, 2.05) is 6.92 Å². The Hall–Kier alpha value is -2.97. The Morgan fingerprint density at radius 1 is 0.966 bits per heavy atom. The Kier molecular flexibility index (Phi) is 9.07. The highest BCUT2D eigenvalue weighted by atomic mass is 32.1. The summed E-state index contributed by atoms with van der Waals surface area (Å²) in [7, 11) is 0. The lowest BCUT2D eigenvalue weighted by Crippen LogP contribution is -2.34. The Morgan fingerprint density at radius 2 is 1.69 bits per heavy atom. The molecular weight excluding hydrogens is 390 g/mol. The highest BCUT2D eigenvalue weighted by Gasteiger charge is 2.14. The molecule has 29 heavy (non-hydrogen) atoms. The average molecular weight is 416 g/mol. The van der Waals surface area contributed by atoms with Crippen LogP contribution in [-0.4, -0.2) is 36.7 Å². The van der Waals surface area contributed by atoms with Crippen molar-refractivity contribution in [2.75, 3.05) is 30.5 Å². The zero-order chi connectivity index (χ0) is 21.1. The molecule has 8 heteroatoms. The summed E-state index contributed by atoms with van der Waals surface area (Å²) >= 11 is 5.24. The minimum Gasteiger partial charge on any atom is -0.490 e. The van der Waals surface area contributed by atoms with Crippen LogP contribution in [0.3, 0.4) is 0 Å². The first kappa shape index (κ1) is 22.3. The van der Waals surface area contributed by atoms with Crippen molar-refractivity contribution in [3.63, 3.8) is 0 Å². The number of hydrogen-bond donors (Lipinski definition) is 3. The van der Waals surface area contributed by atoms with Crippen LogP contribution in [0.15, 0.2) is 48.5 Å². The van der Waals surface area contributed by atoms with Crippen LogP contribution in [0.5, 0.6) is 5.75 Å². The number of rotatable bonds is 9. The Balaban J connectivity index is 1.97. The molecule has 0 unspecified atom stereocenters. The molecule has 7 nitrogen and oxygen atoms in total. The molecule has 0 aromatic heterocycles. The second-order valence-corrected chi connectivity index (χ2v) is 6.34. The first-order valence-electron chi connectivity index (χ1n) is 9.35. The van der Waals surface area contributed by atoms with Gasteiger partial charge in [0, 0.05) is 24.4 Å². The van der Waals surface area contributed by atoms with Gasteiger partial charge in [0.1, 0.15) is 12.4 Å². The van der Waals surface area contributed by atoms with Gasteiger partial charge in [-0.3, -0.25) is 14.9 Å². The molecule has 0 saturated carbocycles. The van der Waals surface area contributed by atoms with Crippen LogP contribution in [0.25, 0.3) is 0 Å². The van der Waals surface area contributed by atoms with Crippen LogP contribution in [0.1, 0.15) is 30.6 Å². The Morgan fingerprint density at radius 3 is 2.41 bits per heavy atom. The van der Waals surface area contributed by atoms with E-state index >= 15 is 0 Å². The van der Waals surface area contributed by atoms with Gasteiger partial charge >= 0.3 is 0 Å². The molecule has 0 spiro atoms. The highest BCUT2D eigenvalue weighted by Crippen LogP contribution is 2.18. The van der Waals surface area contributed by atoms with Crippen LogP contribution >= 0.6 is 12.2 Å². The number of para-hydroxylation sites is 1. The van der Waals surface area contributed by atoms with Crippen LogP contribution in [0.2, 0.25) is 0 Å². The monoisotopic (exact) mass is 415 g/mol. The maximum absolute atomic E-state index is 12.6. The van der Waals surface area contributed by atoms with Gasteiger partial charge in [-0.15, -0.1) is 0 Å². The zero-order valence-corrected chi connectivity index (χ0v) is 17.3. The summed E-state index contributed by atoms with van der Waals surface area (Å²) in [6.07, 6.45) is 0.387. The van der Waals surface area contributed by atoms with Crippen LogP contribution < -0.4 is 20.7 Å². The van der Waals surface area contributed by atoms with Gasteiger partial charge < -0.3 is 20.1 Å². The number of hydrogen-bond acceptors (Lipinski definition) is 5. The van der Waals surface area contributed by atoms with Gasteiger partial charge in [-0.25, -0.2) is 0 Å². The number of carbonyl (C=O) groups excluding carboxylic acids is 2. The van der Waals surface area contributed by atoms with Crippen LogP contribution in [0, 0.1) is 0 Å². The van der Waals surface area contributed by atoms with Crippen LogP contribution in [0.4, 0.5) is 11.4 Å². The average Bonchev–Trinajstić information content (AvgIpc) is 2.71. The van der Waals surface area contributed by atoms with Crippen molar-refractivity contribution in [3.8, 4) is 5.75 Å². The number of benzene rings is 2. The van der Waals surface area contributed by atoms with E-state index in [0.29, 0.717) is 48.9 Å². The fourth-order valence-corrected chi connectivity index (χ4v) is 2.60. The van der Waals surface area contributed by atoms with Gasteiger partial charge in [-0.2, -0.15) is 0 Å². The van der Waals surface area contributed by atoms with Crippen molar-refractivity contribution in [1.29, 1.82) is 0 Å². The highest BCUT2D eigenvalue weighted by molar-refractivity contribution is 7.80. The van der Waals surface area contributed by atoms with Gasteiger partial charge in [0.25, 0.3) is 5.91 Å². The lowest BCUT2D eigenvalue weighted by molar-refractivity contribution is -0.115. The molecule has 2 aromatic carbocycles. The lowest BCUT2D eigenvalue weighted by atomic mass is 10.2. The molecule has 0 aliphatic carbocycles. The summed E-state index contributed by atoms with van der Waals surface area (Å²) in [4.78, 5) is 24.1. The number of ether oxygens (including phenoxy) is 2. The number of amides is 2. The summed E-state index contributed by atoms with van der Waals surface area (Å²) in [6.45, 7) is 5.08. The Bertz CT molecular complexity index is 857. The molecule has 0 saturated heterocycles. The fraction of sp³-hybridized carbons (Fsp3) is 0.286. The minimum atomic E-state index is -0.384. The van der Waals surface area contributed by atoms with Crippen LogP contribution in [-0.2, 0) is 9.53 Å². The van der Waals surface area contributed by atoms with Gasteiger partial charge in [-0.05, 0) is 49.5 Å². The van der Waals surface area contributed by atoms with E-state index in [2.05, 4.69) is 16.0 Å². The first-order chi connectivity index (χ1) is 14.0. The third-order valence-electron chi connectivity index (χ3n) is 3.77. The van der Waals surface area contributed by atoms with E-state index in [-0.39, 0.29) is 16.9 Å². The van der Waals surface area contributed by atoms with Crippen molar-refractivity contribution in [1.82, 2.24) is 5.32 Å². The summed E-state index contributed by atoms with van der Waals surface area (Å²) in [6, 6.07) is 14.0. The summed E-state index contributed by atoms with van der Waals surface area (Å²) in [5.74, 6) is -0.0132. The molecule has 0 atom stereocenters. The standard InChI is InChI=1S/C21H25N3O4S/c1-3-19(25)22-15-8-7-9-16(14-15)23-21(29)24-20(26)17-10-5-6-11-18(17)28-13-12-27-4-2/h5-11,14H,3-4,12-13H2,1-2H3,(H,22,25)(H2,23,24,26,29). The topological polar surface area (TPSA) is 88.7 Å². The molecule has 2 aromatic rings. The SMILES string of the molecule is CCOCCOc1ccccc1C(=O)NC(=S)Nc1cccc(NC(=O)CC)c1. The molecular formula is C21H25N3O4S. The van der Waals surface area contributed by atoms with Crippen molar-refractivity contribution in [2.24, 2.45) is 0 Å². The normalized spacial score (nSPS) is 10.1. The van der Waals surface area contributed by atoms with E-state index in [0.717, 1.165) is 0 Å². The molecule has 2 amide bonds. The van der Waals surface area contributed by atoms with E-state index in [1.165, 1.54) is 0 Å². The molecule has 3 N–H and O–H groups in total. The van der Waals surface area contributed by atoms with Gasteiger partial charge in [0.15, 0.2) is 5.11 Å².